The fraction of sp³-hybridized carbons (Fsp3) is 0.286. The van der Waals surface area contributed by atoms with E-state index in [1.807, 2.05) is 42.5 Å². The lowest BCUT2D eigenvalue weighted by atomic mass is 9.80. The molecule has 2 aliphatic heterocycles. The molecule has 0 bridgehead atoms. The summed E-state index contributed by atoms with van der Waals surface area (Å²) in [5.74, 6) is -0.421. The van der Waals surface area contributed by atoms with Crippen LogP contribution in [0.25, 0.3) is 10.9 Å². The number of rotatable bonds is 5. The summed E-state index contributed by atoms with van der Waals surface area (Å²) in [5, 5.41) is 16.4. The topological polar surface area (TPSA) is 127 Å². The second kappa shape index (κ2) is 8.52. The minimum atomic E-state index is -0.984. The number of hydrogen-bond donors (Lipinski definition) is 3. The SMILES string of the molecule is COc1cccc2[nH]c(C(=O)N[C@@H](C=C3CC3)C(=O)N3C[C@]4(C[C@H]3C#N)C(=O)Nc3ccccc34)cc12. The average Bonchev–Trinajstić information content (AvgIpc) is 3.37. The number of nitriles is 1. The van der Waals surface area contributed by atoms with Crippen LogP contribution in [0.15, 0.2) is 60.2 Å². The summed E-state index contributed by atoms with van der Waals surface area (Å²) in [6.45, 7) is 0.0754. The molecule has 1 aliphatic carbocycles. The molecule has 3 N–H and O–H groups in total. The molecule has 0 unspecified atom stereocenters. The number of aromatic amines is 1. The van der Waals surface area contributed by atoms with Crippen molar-refractivity contribution in [3.8, 4) is 11.8 Å². The zero-order valence-electron chi connectivity index (χ0n) is 20.2. The number of benzene rings is 2. The number of nitrogens with zero attached hydrogens (tertiary/aromatic N) is 2. The fourth-order valence-corrected chi connectivity index (χ4v) is 5.46. The summed E-state index contributed by atoms with van der Waals surface area (Å²) in [6, 6.07) is 15.0. The van der Waals surface area contributed by atoms with E-state index in [0.29, 0.717) is 17.1 Å². The number of allylic oxidation sites excluding steroid dienone is 1. The number of H-pyrrole nitrogens is 1. The average molecular weight is 496 g/mol. The van der Waals surface area contributed by atoms with E-state index in [2.05, 4.69) is 21.7 Å². The minimum Gasteiger partial charge on any atom is -0.496 e. The molecule has 3 heterocycles. The standard InChI is InChI=1S/C28H25N5O4/c1-37-24-8-4-7-20-18(24)12-22(30-20)25(34)31-23(11-16-9-10-16)26(35)33-15-28(13-17(33)14-29)19-5-2-3-6-21(19)32-27(28)36/h2-8,11-12,17,23,30H,9-10,13,15H2,1H3,(H,31,34)(H,32,36)/t17-,23-,28-/m0/s1. The number of aromatic nitrogens is 1. The molecule has 186 valence electrons. The number of fused-ring (bicyclic) bond motifs is 3. The Kier molecular flexibility index (Phi) is 5.26. The number of methoxy groups -OCH3 is 1. The van der Waals surface area contributed by atoms with Gasteiger partial charge in [0.05, 0.1) is 18.6 Å². The van der Waals surface area contributed by atoms with Gasteiger partial charge in [-0.1, -0.05) is 35.9 Å². The molecule has 1 saturated heterocycles. The maximum absolute atomic E-state index is 13.8. The number of carbonyl (C=O) groups excluding carboxylic acids is 3. The third kappa shape index (κ3) is 3.73. The second-order valence-electron chi connectivity index (χ2n) is 9.78. The third-order valence-electron chi connectivity index (χ3n) is 7.50. The minimum absolute atomic E-state index is 0.0754. The quantitative estimate of drug-likeness (QED) is 0.469. The number of nitrogens with one attached hydrogen (secondary N) is 3. The van der Waals surface area contributed by atoms with Gasteiger partial charge in [0, 0.05) is 29.6 Å². The van der Waals surface area contributed by atoms with Crippen LogP contribution in [0, 0.1) is 11.3 Å². The molecule has 0 radical (unpaired) electrons. The predicted octanol–water partition coefficient (Wildman–Crippen LogP) is 3.01. The van der Waals surface area contributed by atoms with Crippen LogP contribution in [-0.2, 0) is 15.0 Å². The normalized spacial score (nSPS) is 22.4. The Morgan fingerprint density at radius 1 is 1.24 bits per heavy atom. The van der Waals surface area contributed by atoms with Crippen molar-refractivity contribution in [1.82, 2.24) is 15.2 Å². The monoisotopic (exact) mass is 495 g/mol. The lowest BCUT2D eigenvalue weighted by molar-refractivity contribution is -0.132. The third-order valence-corrected chi connectivity index (χ3v) is 7.50. The summed E-state index contributed by atoms with van der Waals surface area (Å²) >= 11 is 0. The molecular formula is C28H25N5O4. The molecule has 3 aromatic rings. The molecule has 3 atom stereocenters. The number of carbonyl (C=O) groups is 3. The van der Waals surface area contributed by atoms with Crippen LogP contribution in [0.3, 0.4) is 0 Å². The Morgan fingerprint density at radius 2 is 2.05 bits per heavy atom. The number of amides is 3. The number of para-hydroxylation sites is 1. The highest BCUT2D eigenvalue weighted by molar-refractivity contribution is 6.08. The van der Waals surface area contributed by atoms with Gasteiger partial charge in [-0.15, -0.1) is 0 Å². The maximum atomic E-state index is 13.8. The van der Waals surface area contributed by atoms with Crippen LogP contribution in [0.2, 0.25) is 0 Å². The Bertz CT molecular complexity index is 1530. The van der Waals surface area contributed by atoms with E-state index in [9.17, 15) is 19.6 Å². The first-order valence-corrected chi connectivity index (χ1v) is 12.2. The van der Waals surface area contributed by atoms with E-state index >= 15 is 0 Å². The van der Waals surface area contributed by atoms with Crippen LogP contribution < -0.4 is 15.4 Å². The Hall–Kier alpha value is -4.58. The highest BCUT2D eigenvalue weighted by atomic mass is 16.5. The smallest absolute Gasteiger partial charge is 0.268 e. The highest BCUT2D eigenvalue weighted by Crippen LogP contribution is 2.46. The first-order chi connectivity index (χ1) is 17.9. The molecule has 1 saturated carbocycles. The van der Waals surface area contributed by atoms with Gasteiger partial charge in [-0.2, -0.15) is 5.26 Å². The molecule has 9 heteroatoms. The summed E-state index contributed by atoms with van der Waals surface area (Å²) in [4.78, 5) is 44.7. The molecule has 9 nitrogen and oxygen atoms in total. The van der Waals surface area contributed by atoms with Crippen molar-refractivity contribution < 1.29 is 19.1 Å². The van der Waals surface area contributed by atoms with Gasteiger partial charge < -0.3 is 25.3 Å². The van der Waals surface area contributed by atoms with Crippen LogP contribution >= 0.6 is 0 Å². The molecule has 2 aromatic carbocycles. The number of hydrogen-bond acceptors (Lipinski definition) is 5. The van der Waals surface area contributed by atoms with Crippen molar-refractivity contribution in [3.05, 3.63) is 71.4 Å². The van der Waals surface area contributed by atoms with Gasteiger partial charge in [0.15, 0.2) is 0 Å². The van der Waals surface area contributed by atoms with Crippen LogP contribution in [-0.4, -0.2) is 53.3 Å². The van der Waals surface area contributed by atoms with Gasteiger partial charge in [-0.05, 0) is 42.7 Å². The lowest BCUT2D eigenvalue weighted by Crippen LogP contribution is -2.50. The summed E-state index contributed by atoms with van der Waals surface area (Å²) in [7, 11) is 1.56. The van der Waals surface area contributed by atoms with E-state index in [4.69, 9.17) is 4.74 Å². The molecule has 37 heavy (non-hydrogen) atoms. The molecule has 1 aromatic heterocycles. The van der Waals surface area contributed by atoms with Gasteiger partial charge in [-0.25, -0.2) is 0 Å². The van der Waals surface area contributed by atoms with Crippen LogP contribution in [0.5, 0.6) is 5.75 Å². The lowest BCUT2D eigenvalue weighted by Gasteiger charge is -2.26. The van der Waals surface area contributed by atoms with Crippen molar-refractivity contribution in [2.45, 2.75) is 36.8 Å². The second-order valence-corrected chi connectivity index (χ2v) is 9.78. The summed E-state index contributed by atoms with van der Waals surface area (Å²) < 4.78 is 5.39. The Labute approximate surface area is 213 Å². The zero-order chi connectivity index (χ0) is 25.7. The maximum Gasteiger partial charge on any atom is 0.268 e. The van der Waals surface area contributed by atoms with Crippen molar-refractivity contribution >= 4 is 34.3 Å². The molecule has 3 amide bonds. The largest absolute Gasteiger partial charge is 0.496 e. The molecule has 3 aliphatic rings. The Morgan fingerprint density at radius 3 is 2.81 bits per heavy atom. The zero-order valence-corrected chi connectivity index (χ0v) is 20.2. The van der Waals surface area contributed by atoms with Crippen molar-refractivity contribution in [2.24, 2.45) is 0 Å². The summed E-state index contributed by atoms with van der Waals surface area (Å²) in [5.41, 5.74) is 2.63. The van der Waals surface area contributed by atoms with E-state index in [0.717, 1.165) is 34.9 Å². The van der Waals surface area contributed by atoms with E-state index in [1.165, 1.54) is 4.90 Å². The highest BCUT2D eigenvalue weighted by Gasteiger charge is 2.56. The van der Waals surface area contributed by atoms with E-state index < -0.39 is 29.3 Å². The Balaban J connectivity index is 1.29. The van der Waals surface area contributed by atoms with Crippen LogP contribution in [0.4, 0.5) is 5.69 Å². The van der Waals surface area contributed by atoms with Crippen molar-refractivity contribution in [2.75, 3.05) is 19.0 Å². The van der Waals surface area contributed by atoms with E-state index in [-0.39, 0.29) is 18.9 Å². The summed E-state index contributed by atoms with van der Waals surface area (Å²) in [6.07, 6.45) is 3.71. The number of ether oxygens (including phenoxy) is 1. The molecule has 2 fully saturated rings. The molecule has 1 spiro atoms. The fourth-order valence-electron chi connectivity index (χ4n) is 5.46. The van der Waals surface area contributed by atoms with Gasteiger partial charge >= 0.3 is 0 Å². The van der Waals surface area contributed by atoms with Crippen molar-refractivity contribution in [1.29, 1.82) is 5.26 Å². The molecule has 6 rings (SSSR count). The van der Waals surface area contributed by atoms with Gasteiger partial charge in [0.25, 0.3) is 5.91 Å². The first-order valence-electron chi connectivity index (χ1n) is 12.2. The van der Waals surface area contributed by atoms with Gasteiger partial charge in [-0.3, -0.25) is 14.4 Å². The van der Waals surface area contributed by atoms with Gasteiger partial charge in [0.1, 0.15) is 23.5 Å². The number of anilines is 1. The first kappa shape index (κ1) is 22.9. The van der Waals surface area contributed by atoms with Crippen molar-refractivity contribution in [3.63, 3.8) is 0 Å². The molecular weight excluding hydrogens is 470 g/mol. The van der Waals surface area contributed by atoms with Crippen LogP contribution in [0.1, 0.15) is 35.3 Å². The predicted molar refractivity (Wildman–Crippen MR) is 136 cm³/mol. The number of likely N-dealkylation sites (tertiary alicyclic amines) is 1. The van der Waals surface area contributed by atoms with Gasteiger partial charge in [0.2, 0.25) is 11.8 Å². The van der Waals surface area contributed by atoms with E-state index in [1.54, 1.807) is 19.3 Å².